The SMILES string of the molecule is COc1cccc(-c2ccc3c(NC(=O)C(c4ccccc4)c4ccccc4)n[nH]c3c2)c1. The molecule has 0 aliphatic carbocycles. The summed E-state index contributed by atoms with van der Waals surface area (Å²) < 4.78 is 5.34. The molecule has 5 rings (SSSR count). The minimum Gasteiger partial charge on any atom is -0.497 e. The van der Waals surface area contributed by atoms with Crippen molar-refractivity contribution >= 4 is 22.6 Å². The van der Waals surface area contributed by atoms with Crippen molar-refractivity contribution in [3.05, 3.63) is 114 Å². The van der Waals surface area contributed by atoms with Gasteiger partial charge in [0.15, 0.2) is 5.82 Å². The van der Waals surface area contributed by atoms with Gasteiger partial charge in [0, 0.05) is 5.39 Å². The van der Waals surface area contributed by atoms with E-state index in [0.29, 0.717) is 5.82 Å². The highest BCUT2D eigenvalue weighted by molar-refractivity contribution is 6.04. The molecule has 0 spiro atoms. The number of carbonyl (C=O) groups excluding carboxylic acids is 1. The fourth-order valence-corrected chi connectivity index (χ4v) is 4.07. The van der Waals surface area contributed by atoms with Gasteiger partial charge in [0.25, 0.3) is 0 Å². The summed E-state index contributed by atoms with van der Waals surface area (Å²) in [6.45, 7) is 0. The summed E-state index contributed by atoms with van der Waals surface area (Å²) in [5, 5.41) is 11.3. The maximum absolute atomic E-state index is 13.4. The maximum atomic E-state index is 13.4. The van der Waals surface area contributed by atoms with Gasteiger partial charge in [-0.3, -0.25) is 9.89 Å². The van der Waals surface area contributed by atoms with E-state index in [4.69, 9.17) is 4.74 Å². The molecule has 5 heteroatoms. The Morgan fingerprint density at radius 2 is 1.48 bits per heavy atom. The van der Waals surface area contributed by atoms with Gasteiger partial charge in [-0.2, -0.15) is 5.10 Å². The second kappa shape index (κ2) is 9.01. The molecule has 0 saturated heterocycles. The van der Waals surface area contributed by atoms with E-state index in [9.17, 15) is 4.79 Å². The lowest BCUT2D eigenvalue weighted by Gasteiger charge is -2.17. The molecule has 0 atom stereocenters. The molecule has 1 heterocycles. The lowest BCUT2D eigenvalue weighted by Crippen LogP contribution is -2.22. The van der Waals surface area contributed by atoms with Gasteiger partial charge >= 0.3 is 0 Å². The van der Waals surface area contributed by atoms with Crippen LogP contribution in [0.3, 0.4) is 0 Å². The van der Waals surface area contributed by atoms with Crippen LogP contribution in [0, 0.1) is 0 Å². The van der Waals surface area contributed by atoms with Gasteiger partial charge < -0.3 is 10.1 Å². The Bertz CT molecular complexity index is 1360. The van der Waals surface area contributed by atoms with Crippen LogP contribution in [-0.2, 0) is 4.79 Å². The van der Waals surface area contributed by atoms with Crippen LogP contribution in [0.25, 0.3) is 22.0 Å². The molecule has 0 bridgehead atoms. The summed E-state index contributed by atoms with van der Waals surface area (Å²) >= 11 is 0. The Hall–Kier alpha value is -4.38. The van der Waals surface area contributed by atoms with E-state index in [2.05, 4.69) is 15.5 Å². The summed E-state index contributed by atoms with van der Waals surface area (Å²) in [6, 6.07) is 33.5. The summed E-state index contributed by atoms with van der Waals surface area (Å²) in [5.74, 6) is 0.759. The van der Waals surface area contributed by atoms with E-state index in [0.717, 1.165) is 38.9 Å². The molecule has 5 nitrogen and oxygen atoms in total. The zero-order chi connectivity index (χ0) is 22.6. The lowest BCUT2D eigenvalue weighted by molar-refractivity contribution is -0.116. The Kier molecular flexibility index (Phi) is 5.60. The molecule has 0 saturated carbocycles. The number of H-pyrrole nitrogens is 1. The van der Waals surface area contributed by atoms with Crippen molar-refractivity contribution in [3.63, 3.8) is 0 Å². The number of hydrogen-bond donors (Lipinski definition) is 2. The van der Waals surface area contributed by atoms with E-state index in [-0.39, 0.29) is 5.91 Å². The molecule has 33 heavy (non-hydrogen) atoms. The first-order chi connectivity index (χ1) is 16.2. The van der Waals surface area contributed by atoms with Gasteiger partial charge in [0.1, 0.15) is 5.75 Å². The average Bonchev–Trinajstić information content (AvgIpc) is 3.27. The molecule has 162 valence electrons. The number of amides is 1. The first-order valence-corrected chi connectivity index (χ1v) is 10.8. The number of anilines is 1. The zero-order valence-electron chi connectivity index (χ0n) is 18.2. The van der Waals surface area contributed by atoms with Crippen molar-refractivity contribution in [2.45, 2.75) is 5.92 Å². The van der Waals surface area contributed by atoms with Crippen LogP contribution in [-0.4, -0.2) is 23.2 Å². The van der Waals surface area contributed by atoms with Crippen molar-refractivity contribution in [2.75, 3.05) is 12.4 Å². The van der Waals surface area contributed by atoms with E-state index < -0.39 is 5.92 Å². The van der Waals surface area contributed by atoms with Crippen LogP contribution in [0.1, 0.15) is 17.0 Å². The number of nitrogens with one attached hydrogen (secondary N) is 2. The van der Waals surface area contributed by atoms with Crippen LogP contribution in [0.15, 0.2) is 103 Å². The van der Waals surface area contributed by atoms with Gasteiger partial charge in [0.2, 0.25) is 5.91 Å². The highest BCUT2D eigenvalue weighted by Crippen LogP contribution is 2.31. The van der Waals surface area contributed by atoms with E-state index in [1.807, 2.05) is 103 Å². The van der Waals surface area contributed by atoms with Gasteiger partial charge in [-0.25, -0.2) is 0 Å². The van der Waals surface area contributed by atoms with Crippen LogP contribution in [0.4, 0.5) is 5.82 Å². The maximum Gasteiger partial charge on any atom is 0.237 e. The second-order valence-corrected chi connectivity index (χ2v) is 7.81. The third-order valence-corrected chi connectivity index (χ3v) is 5.74. The molecule has 1 amide bonds. The number of aromatic amines is 1. The molecular weight excluding hydrogens is 410 g/mol. The minimum absolute atomic E-state index is 0.127. The fourth-order valence-electron chi connectivity index (χ4n) is 4.07. The standard InChI is InChI=1S/C28H23N3O2/c1-33-23-14-8-13-21(17-23)22-15-16-24-25(18-22)30-31-27(24)29-28(32)26(19-9-4-2-5-10-19)20-11-6-3-7-12-20/h2-18,26H,1H3,(H2,29,30,31,32). The number of methoxy groups -OCH3 is 1. The summed E-state index contributed by atoms with van der Waals surface area (Å²) in [4.78, 5) is 13.4. The Morgan fingerprint density at radius 3 is 2.15 bits per heavy atom. The molecule has 0 aliphatic rings. The number of ether oxygens (including phenoxy) is 1. The molecule has 0 fully saturated rings. The van der Waals surface area contributed by atoms with Gasteiger partial charge in [0.05, 0.1) is 18.5 Å². The number of rotatable bonds is 6. The van der Waals surface area contributed by atoms with Crippen LogP contribution < -0.4 is 10.1 Å². The van der Waals surface area contributed by atoms with Crippen molar-refractivity contribution in [1.29, 1.82) is 0 Å². The quantitative estimate of drug-likeness (QED) is 0.345. The molecule has 1 aromatic heterocycles. The monoisotopic (exact) mass is 433 g/mol. The molecular formula is C28H23N3O2. The number of nitrogens with zero attached hydrogens (tertiary/aromatic N) is 1. The van der Waals surface area contributed by atoms with Crippen molar-refractivity contribution in [3.8, 4) is 16.9 Å². The Labute approximate surface area is 192 Å². The second-order valence-electron chi connectivity index (χ2n) is 7.81. The Balaban J connectivity index is 1.46. The van der Waals surface area contributed by atoms with Gasteiger partial charge in [-0.05, 0) is 46.5 Å². The van der Waals surface area contributed by atoms with E-state index in [1.54, 1.807) is 7.11 Å². The largest absolute Gasteiger partial charge is 0.497 e. The van der Waals surface area contributed by atoms with E-state index >= 15 is 0 Å². The Morgan fingerprint density at radius 1 is 0.818 bits per heavy atom. The van der Waals surface area contributed by atoms with Gasteiger partial charge in [-0.1, -0.05) is 78.9 Å². The molecule has 0 aliphatic heterocycles. The summed E-state index contributed by atoms with van der Waals surface area (Å²) in [5.41, 5.74) is 4.79. The van der Waals surface area contributed by atoms with Crippen LogP contribution in [0.2, 0.25) is 0 Å². The normalized spacial score (nSPS) is 11.0. The molecule has 0 radical (unpaired) electrons. The van der Waals surface area contributed by atoms with Crippen molar-refractivity contribution in [1.82, 2.24) is 10.2 Å². The fraction of sp³-hybridized carbons (Fsp3) is 0.0714. The predicted octanol–water partition coefficient (Wildman–Crippen LogP) is 6.01. The molecule has 5 aromatic rings. The first kappa shape index (κ1) is 20.5. The number of benzene rings is 4. The summed E-state index contributed by atoms with van der Waals surface area (Å²) in [7, 11) is 1.66. The molecule has 2 N–H and O–H groups in total. The summed E-state index contributed by atoms with van der Waals surface area (Å²) in [6.07, 6.45) is 0. The average molecular weight is 434 g/mol. The zero-order valence-corrected chi connectivity index (χ0v) is 18.2. The highest BCUT2D eigenvalue weighted by atomic mass is 16.5. The number of carbonyl (C=O) groups is 1. The predicted molar refractivity (Wildman–Crippen MR) is 131 cm³/mol. The topological polar surface area (TPSA) is 67.0 Å². The smallest absolute Gasteiger partial charge is 0.237 e. The third kappa shape index (κ3) is 4.21. The van der Waals surface area contributed by atoms with Crippen molar-refractivity contribution in [2.24, 2.45) is 0 Å². The highest BCUT2D eigenvalue weighted by Gasteiger charge is 2.24. The molecule has 0 unspecified atom stereocenters. The number of hydrogen-bond acceptors (Lipinski definition) is 3. The van der Waals surface area contributed by atoms with Crippen molar-refractivity contribution < 1.29 is 9.53 Å². The van der Waals surface area contributed by atoms with Crippen LogP contribution in [0.5, 0.6) is 5.75 Å². The molecule has 4 aromatic carbocycles. The van der Waals surface area contributed by atoms with Gasteiger partial charge in [-0.15, -0.1) is 0 Å². The first-order valence-electron chi connectivity index (χ1n) is 10.8. The lowest BCUT2D eigenvalue weighted by atomic mass is 9.90. The van der Waals surface area contributed by atoms with Crippen LogP contribution >= 0.6 is 0 Å². The minimum atomic E-state index is -0.435. The number of fused-ring (bicyclic) bond motifs is 1. The van der Waals surface area contributed by atoms with E-state index in [1.165, 1.54) is 0 Å². The third-order valence-electron chi connectivity index (χ3n) is 5.74. The number of aromatic nitrogens is 2.